The van der Waals surface area contributed by atoms with Gasteiger partial charge in [0.1, 0.15) is 11.9 Å². The number of nitrogens with zero attached hydrogens (tertiary/aromatic N) is 2. The lowest BCUT2D eigenvalue weighted by atomic mass is 9.74. The highest BCUT2D eigenvalue weighted by atomic mass is 16.4. The SMILES string of the molecule is O=C(O)CC1CC=CC2=NC(C(=O)CNCCNc3ccccn3)CCC21. The number of hydrogen-bond acceptors (Lipinski definition) is 6. The molecule has 7 nitrogen and oxygen atoms in total. The van der Waals surface area contributed by atoms with Gasteiger partial charge in [-0.2, -0.15) is 0 Å². The highest BCUT2D eigenvalue weighted by Crippen LogP contribution is 2.34. The quantitative estimate of drug-likeness (QED) is 0.574. The van der Waals surface area contributed by atoms with Crippen LogP contribution in [-0.4, -0.2) is 53.2 Å². The van der Waals surface area contributed by atoms with Crippen molar-refractivity contribution in [2.45, 2.75) is 31.7 Å². The van der Waals surface area contributed by atoms with Gasteiger partial charge in [0.25, 0.3) is 0 Å². The largest absolute Gasteiger partial charge is 0.481 e. The first-order valence-electron chi connectivity index (χ1n) is 9.48. The Morgan fingerprint density at radius 3 is 2.89 bits per heavy atom. The number of aliphatic carboxylic acids is 1. The molecule has 0 aromatic carbocycles. The van der Waals surface area contributed by atoms with Crippen molar-refractivity contribution in [3.05, 3.63) is 36.5 Å². The summed E-state index contributed by atoms with van der Waals surface area (Å²) in [6.07, 6.45) is 8.15. The number of anilines is 1. The Bertz CT molecular complexity index is 717. The summed E-state index contributed by atoms with van der Waals surface area (Å²) in [6.45, 7) is 1.64. The Labute approximate surface area is 159 Å². The van der Waals surface area contributed by atoms with E-state index in [1.165, 1.54) is 0 Å². The molecule has 3 N–H and O–H groups in total. The zero-order chi connectivity index (χ0) is 19.1. The average molecular weight is 370 g/mol. The molecule has 0 radical (unpaired) electrons. The maximum absolute atomic E-state index is 12.4. The molecule has 0 amide bonds. The van der Waals surface area contributed by atoms with Crippen molar-refractivity contribution in [2.75, 3.05) is 25.0 Å². The number of carboxylic acids is 1. The van der Waals surface area contributed by atoms with Gasteiger partial charge < -0.3 is 15.7 Å². The third-order valence-corrected chi connectivity index (χ3v) is 5.11. The highest BCUT2D eigenvalue weighted by molar-refractivity contribution is 6.01. The number of carbonyl (C=O) groups excluding carboxylic acids is 1. The van der Waals surface area contributed by atoms with Gasteiger partial charge in [0, 0.05) is 37.3 Å². The van der Waals surface area contributed by atoms with Crippen molar-refractivity contribution >= 4 is 23.3 Å². The van der Waals surface area contributed by atoms with Crippen LogP contribution in [-0.2, 0) is 9.59 Å². The number of carboxylic acid groups (broad SMARTS) is 1. The van der Waals surface area contributed by atoms with E-state index in [0.717, 1.165) is 24.4 Å². The summed E-state index contributed by atoms with van der Waals surface area (Å²) in [7, 11) is 0. The zero-order valence-electron chi connectivity index (χ0n) is 15.3. The molecule has 144 valence electrons. The van der Waals surface area contributed by atoms with Gasteiger partial charge in [-0.15, -0.1) is 0 Å². The molecule has 1 aromatic rings. The number of hydrogen-bond donors (Lipinski definition) is 3. The second-order valence-corrected chi connectivity index (χ2v) is 7.03. The third kappa shape index (κ3) is 5.47. The first kappa shape index (κ1) is 19.2. The number of Topliss-reactive ketones (excluding diaryl/α,β-unsaturated/α-hetero) is 1. The molecule has 0 saturated carbocycles. The van der Waals surface area contributed by atoms with E-state index < -0.39 is 5.97 Å². The maximum atomic E-state index is 12.4. The summed E-state index contributed by atoms with van der Waals surface area (Å²) in [6, 6.07) is 5.36. The number of allylic oxidation sites excluding steroid dienone is 2. The van der Waals surface area contributed by atoms with Gasteiger partial charge >= 0.3 is 5.97 Å². The molecule has 0 fully saturated rings. The van der Waals surface area contributed by atoms with Crippen LogP contribution in [0.3, 0.4) is 0 Å². The summed E-state index contributed by atoms with van der Waals surface area (Å²) in [4.78, 5) is 32.3. The van der Waals surface area contributed by atoms with Crippen molar-refractivity contribution in [3.8, 4) is 0 Å². The van der Waals surface area contributed by atoms with E-state index in [0.29, 0.717) is 19.5 Å². The fraction of sp³-hybridized carbons (Fsp3) is 0.500. The molecular weight excluding hydrogens is 344 g/mol. The van der Waals surface area contributed by atoms with Gasteiger partial charge in [-0.05, 0) is 43.4 Å². The molecule has 0 saturated heterocycles. The molecule has 27 heavy (non-hydrogen) atoms. The maximum Gasteiger partial charge on any atom is 0.303 e. The van der Waals surface area contributed by atoms with Crippen molar-refractivity contribution in [1.82, 2.24) is 10.3 Å². The van der Waals surface area contributed by atoms with Gasteiger partial charge in [-0.25, -0.2) is 4.98 Å². The van der Waals surface area contributed by atoms with Gasteiger partial charge in [-0.3, -0.25) is 14.6 Å². The standard InChI is InChI=1S/C20H26N4O3/c25-18(13-21-10-11-23-19-6-1-2-9-22-19)17-8-7-15-14(12-20(26)27)4-3-5-16(15)24-17/h1-3,5-6,9,14-15,17,21H,4,7-8,10-13H2,(H,22,23)(H,26,27). The van der Waals surface area contributed by atoms with E-state index in [1.54, 1.807) is 6.20 Å². The summed E-state index contributed by atoms with van der Waals surface area (Å²) >= 11 is 0. The molecule has 3 unspecified atom stereocenters. The molecule has 1 aliphatic carbocycles. The number of aromatic nitrogens is 1. The number of carbonyl (C=O) groups is 2. The van der Waals surface area contributed by atoms with E-state index in [4.69, 9.17) is 5.11 Å². The van der Waals surface area contributed by atoms with E-state index in [9.17, 15) is 9.59 Å². The summed E-state index contributed by atoms with van der Waals surface area (Å²) < 4.78 is 0. The average Bonchev–Trinajstić information content (AvgIpc) is 2.68. The lowest BCUT2D eigenvalue weighted by molar-refractivity contribution is -0.138. The van der Waals surface area contributed by atoms with Crippen LogP contribution in [0.4, 0.5) is 5.82 Å². The summed E-state index contributed by atoms with van der Waals surface area (Å²) in [5.41, 5.74) is 0.897. The van der Waals surface area contributed by atoms with Crippen molar-refractivity contribution < 1.29 is 14.7 Å². The normalized spacial score (nSPS) is 24.0. The molecule has 3 atom stereocenters. The van der Waals surface area contributed by atoms with Crippen molar-refractivity contribution in [3.63, 3.8) is 0 Å². The lowest BCUT2D eigenvalue weighted by Gasteiger charge is -2.33. The number of fused-ring (bicyclic) bond motifs is 1. The Balaban J connectivity index is 1.43. The first-order chi connectivity index (χ1) is 13.1. The fourth-order valence-corrected chi connectivity index (χ4v) is 3.76. The molecule has 1 aromatic heterocycles. The predicted molar refractivity (Wildman–Crippen MR) is 104 cm³/mol. The van der Waals surface area contributed by atoms with Crippen molar-refractivity contribution in [1.29, 1.82) is 0 Å². The zero-order valence-corrected chi connectivity index (χ0v) is 15.3. The van der Waals surface area contributed by atoms with Crippen LogP contribution in [0.2, 0.25) is 0 Å². The van der Waals surface area contributed by atoms with Gasteiger partial charge in [0.05, 0.1) is 6.54 Å². The second kappa shape index (κ2) is 9.41. The number of ketones is 1. The third-order valence-electron chi connectivity index (χ3n) is 5.11. The molecule has 7 heteroatoms. The van der Waals surface area contributed by atoms with Crippen LogP contribution in [0.5, 0.6) is 0 Å². The van der Waals surface area contributed by atoms with E-state index in [2.05, 4.69) is 20.6 Å². The minimum Gasteiger partial charge on any atom is -0.481 e. The Morgan fingerprint density at radius 2 is 2.11 bits per heavy atom. The van der Waals surface area contributed by atoms with Crippen LogP contribution < -0.4 is 10.6 Å². The van der Waals surface area contributed by atoms with Gasteiger partial charge in [0.15, 0.2) is 5.78 Å². The van der Waals surface area contributed by atoms with Crippen LogP contribution in [0.15, 0.2) is 41.5 Å². The Morgan fingerprint density at radius 1 is 1.22 bits per heavy atom. The molecule has 0 bridgehead atoms. The number of rotatable bonds is 9. The first-order valence-corrected chi connectivity index (χ1v) is 9.48. The Kier molecular flexibility index (Phi) is 6.70. The van der Waals surface area contributed by atoms with Crippen LogP contribution in [0, 0.1) is 11.8 Å². The fourth-order valence-electron chi connectivity index (χ4n) is 3.76. The molecule has 0 spiro atoms. The number of pyridine rings is 1. The molecule has 3 rings (SSSR count). The van der Waals surface area contributed by atoms with Crippen molar-refractivity contribution in [2.24, 2.45) is 16.8 Å². The second-order valence-electron chi connectivity index (χ2n) is 7.03. The molecule has 2 heterocycles. The van der Waals surface area contributed by atoms with E-state index >= 15 is 0 Å². The van der Waals surface area contributed by atoms with E-state index in [-0.39, 0.29) is 36.6 Å². The summed E-state index contributed by atoms with van der Waals surface area (Å²) in [5, 5.41) is 15.4. The Hall–Kier alpha value is -2.54. The van der Waals surface area contributed by atoms with E-state index in [1.807, 2.05) is 30.4 Å². The van der Waals surface area contributed by atoms with Gasteiger partial charge in [0.2, 0.25) is 0 Å². The minimum atomic E-state index is -0.767. The van der Waals surface area contributed by atoms with Crippen LogP contribution in [0.25, 0.3) is 0 Å². The summed E-state index contributed by atoms with van der Waals surface area (Å²) in [5.74, 6) is 0.406. The topological polar surface area (TPSA) is 104 Å². The van der Waals surface area contributed by atoms with Crippen LogP contribution >= 0.6 is 0 Å². The smallest absolute Gasteiger partial charge is 0.303 e. The predicted octanol–water partition coefficient (Wildman–Crippen LogP) is 1.92. The lowest BCUT2D eigenvalue weighted by Crippen LogP contribution is -2.39. The molecule has 1 aliphatic heterocycles. The molecular formula is C20H26N4O3. The minimum absolute atomic E-state index is 0.0903. The molecule has 2 aliphatic rings. The highest BCUT2D eigenvalue weighted by Gasteiger charge is 2.34. The number of aliphatic imine (C=N–C) groups is 1. The van der Waals surface area contributed by atoms with Crippen LogP contribution in [0.1, 0.15) is 25.7 Å². The number of nitrogens with one attached hydrogen (secondary N) is 2. The monoisotopic (exact) mass is 370 g/mol. The van der Waals surface area contributed by atoms with Gasteiger partial charge in [-0.1, -0.05) is 12.1 Å².